The Labute approximate surface area is 161 Å². The fraction of sp³-hybridized carbons (Fsp3) is 0.600. The van der Waals surface area contributed by atoms with Crippen molar-refractivity contribution in [2.24, 2.45) is 0 Å². The molecule has 2 amide bonds. The minimum Gasteiger partial charge on any atom is -0.489 e. The van der Waals surface area contributed by atoms with Crippen molar-refractivity contribution in [2.75, 3.05) is 46.2 Å². The Morgan fingerprint density at radius 3 is 2.56 bits per heavy atom. The summed E-state index contributed by atoms with van der Waals surface area (Å²) in [5.74, 6) is 0.645. The van der Waals surface area contributed by atoms with Gasteiger partial charge in [0.1, 0.15) is 12.4 Å². The third-order valence-electron chi connectivity index (χ3n) is 4.87. The van der Waals surface area contributed by atoms with Crippen LogP contribution in [0.3, 0.4) is 0 Å². The minimum absolute atomic E-state index is 0.00340. The third kappa shape index (κ3) is 5.35. The lowest BCUT2D eigenvalue weighted by atomic mass is 10.0. The average molecular weight is 377 g/mol. The first-order valence-corrected chi connectivity index (χ1v) is 9.17. The first kappa shape index (κ1) is 21.0. The zero-order chi connectivity index (χ0) is 20.4. The highest BCUT2D eigenvalue weighted by molar-refractivity contribution is 5.95. The molecule has 1 aromatic rings. The van der Waals surface area contributed by atoms with Crippen molar-refractivity contribution >= 4 is 17.5 Å². The average Bonchev–Trinajstić information content (AvgIpc) is 2.60. The van der Waals surface area contributed by atoms with E-state index in [0.29, 0.717) is 37.3 Å². The molecule has 1 aromatic carbocycles. The second kappa shape index (κ2) is 8.17. The number of carbonyl (C=O) groups is 2. The molecule has 2 rings (SSSR count). The monoisotopic (exact) mass is 377 g/mol. The molecule has 0 bridgehead atoms. The first-order valence-electron chi connectivity index (χ1n) is 9.17. The molecule has 1 unspecified atom stereocenters. The van der Waals surface area contributed by atoms with Crippen molar-refractivity contribution in [3.8, 4) is 5.75 Å². The summed E-state index contributed by atoms with van der Waals surface area (Å²) >= 11 is 0. The third-order valence-corrected chi connectivity index (χ3v) is 4.87. The van der Waals surface area contributed by atoms with E-state index in [9.17, 15) is 14.7 Å². The highest BCUT2D eigenvalue weighted by atomic mass is 16.5. The number of aliphatic hydroxyl groups is 1. The molecule has 1 heterocycles. The van der Waals surface area contributed by atoms with Gasteiger partial charge in [-0.25, -0.2) is 0 Å². The number of nitrogens with zero attached hydrogens (tertiary/aromatic N) is 3. The van der Waals surface area contributed by atoms with Gasteiger partial charge < -0.3 is 24.5 Å². The molecular formula is C20H31N3O4. The topological polar surface area (TPSA) is 73.3 Å². The van der Waals surface area contributed by atoms with E-state index in [4.69, 9.17) is 4.74 Å². The number of amides is 2. The van der Waals surface area contributed by atoms with Gasteiger partial charge in [-0.3, -0.25) is 9.59 Å². The number of carbonyl (C=O) groups excluding carboxylic acids is 2. The molecule has 0 aliphatic carbocycles. The van der Waals surface area contributed by atoms with E-state index in [2.05, 4.69) is 0 Å². The number of hydrogen-bond donors (Lipinski definition) is 1. The molecule has 0 radical (unpaired) electrons. The van der Waals surface area contributed by atoms with Crippen molar-refractivity contribution in [1.29, 1.82) is 0 Å². The molecule has 1 aliphatic heterocycles. The lowest BCUT2D eigenvalue weighted by Crippen LogP contribution is -2.44. The summed E-state index contributed by atoms with van der Waals surface area (Å²) < 4.78 is 5.82. The van der Waals surface area contributed by atoms with Crippen LogP contribution >= 0.6 is 0 Å². The molecule has 0 spiro atoms. The molecule has 0 saturated carbocycles. The first-order chi connectivity index (χ1) is 12.5. The Morgan fingerprint density at radius 1 is 1.30 bits per heavy atom. The molecule has 0 saturated heterocycles. The Kier molecular flexibility index (Phi) is 6.36. The van der Waals surface area contributed by atoms with Gasteiger partial charge in [0, 0.05) is 40.3 Å². The van der Waals surface area contributed by atoms with E-state index >= 15 is 0 Å². The number of fused-ring (bicyclic) bond motifs is 1. The fourth-order valence-corrected chi connectivity index (χ4v) is 2.92. The van der Waals surface area contributed by atoms with Crippen LogP contribution in [0.1, 0.15) is 37.0 Å². The van der Waals surface area contributed by atoms with Gasteiger partial charge in [-0.1, -0.05) is 0 Å². The van der Waals surface area contributed by atoms with E-state index < -0.39 is 5.60 Å². The van der Waals surface area contributed by atoms with Gasteiger partial charge >= 0.3 is 0 Å². The molecule has 27 heavy (non-hydrogen) atoms. The lowest BCUT2D eigenvalue weighted by Gasteiger charge is -2.36. The molecule has 0 fully saturated rings. The van der Waals surface area contributed by atoms with Gasteiger partial charge in [0.25, 0.3) is 5.91 Å². The van der Waals surface area contributed by atoms with Gasteiger partial charge in [0.05, 0.1) is 23.8 Å². The molecular weight excluding hydrogens is 346 g/mol. The summed E-state index contributed by atoms with van der Waals surface area (Å²) in [4.78, 5) is 30.0. The van der Waals surface area contributed by atoms with Crippen molar-refractivity contribution in [3.63, 3.8) is 0 Å². The van der Waals surface area contributed by atoms with Crippen molar-refractivity contribution in [1.82, 2.24) is 9.80 Å². The predicted octanol–water partition coefficient (Wildman–Crippen LogP) is 1.60. The van der Waals surface area contributed by atoms with E-state index in [1.54, 1.807) is 52.0 Å². The Hall–Kier alpha value is -2.28. The van der Waals surface area contributed by atoms with E-state index in [1.165, 1.54) is 4.90 Å². The quantitative estimate of drug-likeness (QED) is 0.815. The Balaban J connectivity index is 2.07. The maximum atomic E-state index is 12.6. The van der Waals surface area contributed by atoms with Crippen LogP contribution in [0.2, 0.25) is 0 Å². The molecule has 7 heteroatoms. The standard InChI is InChI=1S/C20H31N3O4/c1-20(2,26)9-10-22(5)18(24)12-15-13-27-17-8-7-14(19(25)21(3)4)11-16(17)23(15)6/h7-8,11,15,26H,9-10,12-13H2,1-6H3. The Bertz CT molecular complexity index is 697. The predicted molar refractivity (Wildman–Crippen MR) is 105 cm³/mol. The van der Waals surface area contributed by atoms with Gasteiger partial charge in [-0.15, -0.1) is 0 Å². The van der Waals surface area contributed by atoms with Gasteiger partial charge in [-0.05, 0) is 38.5 Å². The SMILES string of the molecule is CN(C)C(=O)c1ccc2c(c1)N(C)C(CC(=O)N(C)CCC(C)(C)O)CO2. The summed E-state index contributed by atoms with van der Waals surface area (Å²) in [5.41, 5.74) is 0.600. The number of benzene rings is 1. The maximum absolute atomic E-state index is 12.6. The molecule has 1 aliphatic rings. The lowest BCUT2D eigenvalue weighted by molar-refractivity contribution is -0.131. The molecule has 0 aromatic heterocycles. The van der Waals surface area contributed by atoms with Crippen LogP contribution in [0.15, 0.2) is 18.2 Å². The zero-order valence-corrected chi connectivity index (χ0v) is 17.2. The number of ether oxygens (including phenoxy) is 1. The van der Waals surface area contributed by atoms with Crippen molar-refractivity contribution in [2.45, 2.75) is 38.3 Å². The Morgan fingerprint density at radius 2 is 1.96 bits per heavy atom. The number of likely N-dealkylation sites (N-methyl/N-ethyl adjacent to an activating group) is 1. The fourth-order valence-electron chi connectivity index (χ4n) is 2.92. The summed E-state index contributed by atoms with van der Waals surface area (Å²) in [6.45, 7) is 4.38. The summed E-state index contributed by atoms with van der Waals surface area (Å²) in [6.07, 6.45) is 0.829. The van der Waals surface area contributed by atoms with Crippen LogP contribution in [-0.4, -0.2) is 79.7 Å². The van der Waals surface area contributed by atoms with Gasteiger partial charge in [-0.2, -0.15) is 0 Å². The van der Waals surface area contributed by atoms with Crippen molar-refractivity contribution in [3.05, 3.63) is 23.8 Å². The summed E-state index contributed by atoms with van der Waals surface area (Å²) in [6, 6.07) is 5.26. The van der Waals surface area contributed by atoms with E-state index in [1.807, 2.05) is 18.0 Å². The van der Waals surface area contributed by atoms with Crippen LogP contribution in [0, 0.1) is 0 Å². The summed E-state index contributed by atoms with van der Waals surface area (Å²) in [7, 11) is 7.10. The van der Waals surface area contributed by atoms with Crippen LogP contribution in [0.4, 0.5) is 5.69 Å². The molecule has 1 atom stereocenters. The van der Waals surface area contributed by atoms with Crippen LogP contribution in [0.25, 0.3) is 0 Å². The second-order valence-corrected chi connectivity index (χ2v) is 8.04. The highest BCUT2D eigenvalue weighted by Crippen LogP contribution is 2.34. The highest BCUT2D eigenvalue weighted by Gasteiger charge is 2.29. The van der Waals surface area contributed by atoms with Crippen LogP contribution in [-0.2, 0) is 4.79 Å². The largest absolute Gasteiger partial charge is 0.489 e. The normalized spacial score (nSPS) is 16.4. The van der Waals surface area contributed by atoms with Gasteiger partial charge in [0.15, 0.2) is 0 Å². The van der Waals surface area contributed by atoms with Crippen LogP contribution < -0.4 is 9.64 Å². The number of anilines is 1. The van der Waals surface area contributed by atoms with Crippen LogP contribution in [0.5, 0.6) is 5.75 Å². The van der Waals surface area contributed by atoms with E-state index in [0.717, 1.165) is 5.69 Å². The summed E-state index contributed by atoms with van der Waals surface area (Å²) in [5, 5.41) is 9.83. The number of rotatable bonds is 6. The van der Waals surface area contributed by atoms with E-state index in [-0.39, 0.29) is 17.9 Å². The smallest absolute Gasteiger partial charge is 0.253 e. The molecule has 150 valence electrons. The maximum Gasteiger partial charge on any atom is 0.253 e. The molecule has 7 nitrogen and oxygen atoms in total. The molecule has 1 N–H and O–H groups in total. The minimum atomic E-state index is -0.798. The number of hydrogen-bond acceptors (Lipinski definition) is 5. The second-order valence-electron chi connectivity index (χ2n) is 8.04. The van der Waals surface area contributed by atoms with Gasteiger partial charge in [0.2, 0.25) is 5.91 Å². The van der Waals surface area contributed by atoms with Crippen molar-refractivity contribution < 1.29 is 19.4 Å². The zero-order valence-electron chi connectivity index (χ0n) is 17.2.